The molecule has 3 aromatic rings. The minimum absolute atomic E-state index is 0.0230. The molecule has 11 nitrogen and oxygen atoms in total. The molecule has 1 fully saturated rings. The van der Waals surface area contributed by atoms with Gasteiger partial charge in [0, 0.05) is 19.0 Å². The molecule has 0 spiro atoms. The van der Waals surface area contributed by atoms with Crippen molar-refractivity contribution in [2.75, 3.05) is 39.3 Å². The maximum Gasteiger partial charge on any atom is 0.335 e. The lowest BCUT2D eigenvalue weighted by Crippen LogP contribution is -2.51. The molecular weight excluding hydrogens is 592 g/mol. The summed E-state index contributed by atoms with van der Waals surface area (Å²) in [5.74, 6) is -2.04. The van der Waals surface area contributed by atoms with Gasteiger partial charge in [0.25, 0.3) is 5.91 Å². The van der Waals surface area contributed by atoms with Crippen LogP contribution in [0.4, 0.5) is 5.69 Å². The summed E-state index contributed by atoms with van der Waals surface area (Å²) < 4.78 is 20.8. The van der Waals surface area contributed by atoms with E-state index >= 15 is 0 Å². The number of aliphatic hydroxyl groups is 1. The van der Waals surface area contributed by atoms with Crippen molar-refractivity contribution < 1.29 is 43.2 Å². The molecule has 4 rings (SSSR count). The first-order chi connectivity index (χ1) is 22.2. The molecule has 1 amide bonds. The highest BCUT2D eigenvalue weighted by atomic mass is 16.5. The van der Waals surface area contributed by atoms with Gasteiger partial charge in [0.05, 0.1) is 46.0 Å². The molecule has 242 valence electrons. The second kappa shape index (κ2) is 15.7. The number of ether oxygens (including phenoxy) is 4. The Balaban J connectivity index is 1.83. The van der Waals surface area contributed by atoms with Gasteiger partial charge >= 0.3 is 17.9 Å². The Kier molecular flexibility index (Phi) is 11.5. The molecule has 0 bridgehead atoms. The van der Waals surface area contributed by atoms with Crippen LogP contribution in [0.25, 0.3) is 6.08 Å². The maximum atomic E-state index is 14.2. The van der Waals surface area contributed by atoms with E-state index in [1.165, 1.54) is 33.2 Å². The molecule has 1 N–H and O–H groups in total. The summed E-state index contributed by atoms with van der Waals surface area (Å²) in [6.45, 7) is 1.06. The number of esters is 3. The number of carbonyl (C=O) groups excluding carboxylic acids is 4. The van der Waals surface area contributed by atoms with Gasteiger partial charge in [-0.25, -0.2) is 9.59 Å². The van der Waals surface area contributed by atoms with Gasteiger partial charge in [0.15, 0.2) is 6.10 Å². The lowest BCUT2D eigenvalue weighted by molar-refractivity contribution is -0.154. The van der Waals surface area contributed by atoms with Crippen molar-refractivity contribution in [3.05, 3.63) is 102 Å². The second-order valence-electron chi connectivity index (χ2n) is 10.7. The predicted octanol–water partition coefficient (Wildman–Crippen LogP) is 3.57. The number of benzene rings is 3. The fourth-order valence-electron chi connectivity index (χ4n) is 5.57. The van der Waals surface area contributed by atoms with Crippen LogP contribution in [-0.2, 0) is 33.4 Å². The molecule has 4 atom stereocenters. The van der Waals surface area contributed by atoms with Crippen molar-refractivity contribution in [1.29, 1.82) is 0 Å². The molecule has 11 heteroatoms. The third-order valence-electron chi connectivity index (χ3n) is 7.71. The van der Waals surface area contributed by atoms with Gasteiger partial charge in [0.1, 0.15) is 17.9 Å². The van der Waals surface area contributed by atoms with Crippen molar-refractivity contribution in [3.8, 4) is 5.75 Å². The van der Waals surface area contributed by atoms with Gasteiger partial charge in [-0.3, -0.25) is 9.59 Å². The highest BCUT2D eigenvalue weighted by Gasteiger charge is 2.46. The quantitative estimate of drug-likeness (QED) is 0.180. The first-order valence-electron chi connectivity index (χ1n) is 14.7. The summed E-state index contributed by atoms with van der Waals surface area (Å²) in [7, 11) is 4.02. The SMILES string of the molecule is COC(=O)/C(=C/c1ccccc1)CN(c1ccc(OC)cc1)[C@@H](c1ccccc1)[C@H](O)C(=O)N1C[C@H](OC(C)=O)C[C@H]1C(=O)OC. The minimum Gasteiger partial charge on any atom is -0.497 e. The molecule has 0 aliphatic carbocycles. The number of hydrogen-bond acceptors (Lipinski definition) is 10. The molecule has 1 aliphatic rings. The highest BCUT2D eigenvalue weighted by molar-refractivity contribution is 5.95. The predicted molar refractivity (Wildman–Crippen MR) is 170 cm³/mol. The Bertz CT molecular complexity index is 1530. The maximum absolute atomic E-state index is 14.2. The van der Waals surface area contributed by atoms with E-state index in [1.54, 1.807) is 65.6 Å². The number of carbonyl (C=O) groups is 4. The normalized spacial score (nSPS) is 17.4. The number of amides is 1. The van der Waals surface area contributed by atoms with Crippen molar-refractivity contribution in [2.45, 2.75) is 37.6 Å². The molecule has 0 radical (unpaired) electrons. The third-order valence-corrected chi connectivity index (χ3v) is 7.71. The van der Waals surface area contributed by atoms with Gasteiger partial charge < -0.3 is 33.9 Å². The van der Waals surface area contributed by atoms with Gasteiger partial charge in [-0.1, -0.05) is 60.7 Å². The van der Waals surface area contributed by atoms with E-state index in [2.05, 4.69) is 0 Å². The highest BCUT2D eigenvalue weighted by Crippen LogP contribution is 2.35. The zero-order valence-corrected chi connectivity index (χ0v) is 26.2. The Hall–Kier alpha value is -5.16. The third kappa shape index (κ3) is 8.10. The van der Waals surface area contributed by atoms with Gasteiger partial charge in [0.2, 0.25) is 0 Å². The Labute approximate surface area is 267 Å². The molecule has 3 aromatic carbocycles. The standard InChI is InChI=1S/C35H38N2O9/c1-23(38)46-29-20-30(35(42)45-4)37(22-29)33(40)32(39)31(25-13-9-6-10-14-25)36(27-15-17-28(43-2)18-16-27)21-26(34(41)44-3)19-24-11-7-5-8-12-24/h5-19,29-32,39H,20-22H2,1-4H3/b26-19+/t29-,30+,31+,32+/m1/s1. The van der Waals surface area contributed by atoms with Crippen molar-refractivity contribution in [3.63, 3.8) is 0 Å². The van der Waals surface area contributed by atoms with E-state index in [9.17, 15) is 24.3 Å². The lowest BCUT2D eigenvalue weighted by Gasteiger charge is -2.38. The fraction of sp³-hybridized carbons (Fsp3) is 0.314. The van der Waals surface area contributed by atoms with Crippen molar-refractivity contribution in [2.24, 2.45) is 0 Å². The molecule has 0 saturated carbocycles. The van der Waals surface area contributed by atoms with E-state index in [4.69, 9.17) is 18.9 Å². The number of anilines is 1. The van der Waals surface area contributed by atoms with Crippen molar-refractivity contribution in [1.82, 2.24) is 4.90 Å². The Morgan fingerprint density at radius 1 is 0.913 bits per heavy atom. The van der Waals surface area contributed by atoms with Crippen LogP contribution in [0.1, 0.15) is 30.5 Å². The zero-order valence-electron chi connectivity index (χ0n) is 26.2. The van der Waals surface area contributed by atoms with Crippen LogP contribution in [0.3, 0.4) is 0 Å². The van der Waals surface area contributed by atoms with E-state index in [0.29, 0.717) is 17.0 Å². The smallest absolute Gasteiger partial charge is 0.335 e. The summed E-state index contributed by atoms with van der Waals surface area (Å²) in [4.78, 5) is 54.7. The largest absolute Gasteiger partial charge is 0.497 e. The van der Waals surface area contributed by atoms with Gasteiger partial charge in [-0.05, 0) is 41.5 Å². The molecule has 1 aliphatic heterocycles. The van der Waals surface area contributed by atoms with Gasteiger partial charge in [-0.2, -0.15) is 0 Å². The molecular formula is C35H38N2O9. The first-order valence-corrected chi connectivity index (χ1v) is 14.7. The number of aliphatic hydroxyl groups excluding tert-OH is 1. The number of nitrogens with zero attached hydrogens (tertiary/aromatic N) is 2. The second-order valence-corrected chi connectivity index (χ2v) is 10.7. The topological polar surface area (TPSA) is 132 Å². The number of methoxy groups -OCH3 is 3. The van der Waals surface area contributed by atoms with E-state index in [0.717, 1.165) is 5.56 Å². The number of rotatable bonds is 12. The van der Waals surface area contributed by atoms with Crippen LogP contribution in [-0.4, -0.2) is 86.5 Å². The van der Waals surface area contributed by atoms with Gasteiger partial charge in [-0.15, -0.1) is 0 Å². The van der Waals surface area contributed by atoms with Crippen molar-refractivity contribution >= 4 is 35.6 Å². The summed E-state index contributed by atoms with van der Waals surface area (Å²) in [6.07, 6.45) is -0.792. The molecule has 0 unspecified atom stereocenters. The lowest BCUT2D eigenvalue weighted by atomic mass is 9.96. The summed E-state index contributed by atoms with van der Waals surface area (Å²) in [5.41, 5.74) is 2.13. The zero-order chi connectivity index (χ0) is 33.2. The van der Waals surface area contributed by atoms with Crippen LogP contribution in [0.15, 0.2) is 90.5 Å². The van der Waals surface area contributed by atoms with Crippen LogP contribution >= 0.6 is 0 Å². The van der Waals surface area contributed by atoms with E-state index < -0.39 is 48.1 Å². The van der Waals surface area contributed by atoms with Crippen LogP contribution in [0.2, 0.25) is 0 Å². The number of likely N-dealkylation sites (tertiary alicyclic amines) is 1. The summed E-state index contributed by atoms with van der Waals surface area (Å²) in [6, 6.07) is 22.9. The average Bonchev–Trinajstić information content (AvgIpc) is 3.50. The number of hydrogen-bond donors (Lipinski definition) is 1. The summed E-state index contributed by atoms with van der Waals surface area (Å²) in [5, 5.41) is 12.0. The van der Waals surface area contributed by atoms with E-state index in [-0.39, 0.29) is 25.1 Å². The van der Waals surface area contributed by atoms with E-state index in [1.807, 2.05) is 30.3 Å². The monoisotopic (exact) mass is 630 g/mol. The Morgan fingerprint density at radius 3 is 2.11 bits per heavy atom. The van der Waals surface area contributed by atoms with Crippen LogP contribution < -0.4 is 9.64 Å². The molecule has 46 heavy (non-hydrogen) atoms. The Morgan fingerprint density at radius 2 is 1.54 bits per heavy atom. The fourth-order valence-corrected chi connectivity index (χ4v) is 5.57. The van der Waals surface area contributed by atoms with Crippen LogP contribution in [0.5, 0.6) is 5.75 Å². The van der Waals surface area contributed by atoms with Crippen LogP contribution in [0, 0.1) is 0 Å². The first kappa shape index (κ1) is 33.7. The molecule has 0 aromatic heterocycles. The molecule has 1 saturated heterocycles. The summed E-state index contributed by atoms with van der Waals surface area (Å²) >= 11 is 0. The minimum atomic E-state index is -1.75. The molecule has 1 heterocycles. The average molecular weight is 631 g/mol.